The second-order valence-electron chi connectivity index (χ2n) is 4.09. The van der Waals surface area contributed by atoms with Gasteiger partial charge >= 0.3 is 0 Å². The number of aromatic nitrogens is 2. The first-order valence-corrected chi connectivity index (χ1v) is 5.72. The minimum atomic E-state index is 0.495. The zero-order valence-corrected chi connectivity index (χ0v) is 10.2. The molecule has 0 atom stereocenters. The van der Waals surface area contributed by atoms with E-state index in [1.165, 1.54) is 0 Å². The third-order valence-electron chi connectivity index (χ3n) is 2.65. The van der Waals surface area contributed by atoms with Gasteiger partial charge in [0.2, 0.25) is 0 Å². The van der Waals surface area contributed by atoms with Crippen LogP contribution in [0, 0.1) is 18.3 Å². The number of nitrogens with one attached hydrogen (secondary N) is 1. The lowest BCUT2D eigenvalue weighted by molar-refractivity contribution is 0.637. The van der Waals surface area contributed by atoms with Gasteiger partial charge in [0.05, 0.1) is 29.7 Å². The number of para-hydroxylation sites is 1. The fourth-order valence-corrected chi connectivity index (χ4v) is 1.71. The second kappa shape index (κ2) is 5.23. The maximum Gasteiger partial charge on any atom is 0.101 e. The quantitative estimate of drug-likeness (QED) is 0.799. The number of nitrogens with zero attached hydrogens (tertiary/aromatic N) is 3. The molecule has 0 fully saturated rings. The van der Waals surface area contributed by atoms with Crippen LogP contribution in [0.1, 0.15) is 11.1 Å². The highest BCUT2D eigenvalue weighted by atomic mass is 15.3. The van der Waals surface area contributed by atoms with Crippen LogP contribution in [0.5, 0.6) is 0 Å². The first-order chi connectivity index (χ1) is 8.70. The first-order valence-electron chi connectivity index (χ1n) is 5.72. The predicted octanol–water partition coefficient (Wildman–Crippen LogP) is 1.76. The third-order valence-corrected chi connectivity index (χ3v) is 2.65. The van der Waals surface area contributed by atoms with Gasteiger partial charge in [-0.25, -0.2) is 0 Å². The number of anilines is 2. The lowest BCUT2D eigenvalue weighted by Gasteiger charge is -2.10. The maximum atomic E-state index is 8.88. The third kappa shape index (κ3) is 2.61. The minimum Gasteiger partial charge on any atom is -0.396 e. The smallest absolute Gasteiger partial charge is 0.101 e. The highest BCUT2D eigenvalue weighted by Crippen LogP contribution is 2.21. The molecule has 5 nitrogen and oxygen atoms in total. The fourth-order valence-electron chi connectivity index (χ4n) is 1.71. The molecule has 5 heteroatoms. The van der Waals surface area contributed by atoms with Gasteiger partial charge in [-0.05, 0) is 24.6 Å². The normalized spacial score (nSPS) is 10.0. The number of hydrogen-bond acceptors (Lipinski definition) is 4. The predicted molar refractivity (Wildman–Crippen MR) is 71.0 cm³/mol. The Balaban J connectivity index is 1.97. The largest absolute Gasteiger partial charge is 0.396 e. The van der Waals surface area contributed by atoms with E-state index in [9.17, 15) is 0 Å². The molecule has 2 rings (SSSR count). The molecule has 0 bridgehead atoms. The van der Waals surface area contributed by atoms with E-state index in [1.807, 2.05) is 36.1 Å². The monoisotopic (exact) mass is 241 g/mol. The topological polar surface area (TPSA) is 79.7 Å². The molecule has 0 spiro atoms. The summed E-state index contributed by atoms with van der Waals surface area (Å²) in [5, 5.41) is 16.3. The molecule has 0 aliphatic carbocycles. The molecule has 2 aromatic rings. The fraction of sp³-hybridized carbons (Fsp3) is 0.231. The summed E-state index contributed by atoms with van der Waals surface area (Å²) in [5.41, 5.74) is 8.79. The van der Waals surface area contributed by atoms with Crippen LogP contribution in [0.4, 0.5) is 11.4 Å². The number of nitrogens with two attached hydrogens (primary N) is 1. The van der Waals surface area contributed by atoms with Gasteiger partial charge in [0.15, 0.2) is 0 Å². The molecule has 1 aromatic carbocycles. The molecule has 0 aliphatic rings. The zero-order valence-electron chi connectivity index (χ0n) is 10.2. The Morgan fingerprint density at radius 1 is 1.50 bits per heavy atom. The Hall–Kier alpha value is -2.48. The maximum absolute atomic E-state index is 8.88. The minimum absolute atomic E-state index is 0.495. The number of hydrogen-bond donors (Lipinski definition) is 2. The Bertz CT molecular complexity index is 579. The molecule has 1 aromatic heterocycles. The van der Waals surface area contributed by atoms with E-state index >= 15 is 0 Å². The van der Waals surface area contributed by atoms with Gasteiger partial charge in [-0.2, -0.15) is 10.4 Å². The second-order valence-corrected chi connectivity index (χ2v) is 4.09. The zero-order chi connectivity index (χ0) is 13.0. The lowest BCUT2D eigenvalue weighted by atomic mass is 10.1. The molecule has 0 aliphatic heterocycles. The van der Waals surface area contributed by atoms with Crippen molar-refractivity contribution in [3.8, 4) is 6.07 Å². The van der Waals surface area contributed by atoms with Gasteiger partial charge in [-0.3, -0.25) is 4.68 Å². The number of aryl methyl sites for hydroxylation is 1. The Kier molecular flexibility index (Phi) is 3.49. The average molecular weight is 241 g/mol. The van der Waals surface area contributed by atoms with Crippen LogP contribution in [-0.2, 0) is 6.54 Å². The van der Waals surface area contributed by atoms with Gasteiger partial charge in [0, 0.05) is 12.7 Å². The number of nitrogen functional groups attached to an aromatic ring is 1. The van der Waals surface area contributed by atoms with Crippen LogP contribution in [-0.4, -0.2) is 16.3 Å². The highest BCUT2D eigenvalue weighted by molar-refractivity contribution is 5.72. The van der Waals surface area contributed by atoms with E-state index in [0.717, 1.165) is 17.8 Å². The molecule has 0 saturated carbocycles. The SMILES string of the molecule is Cc1cnn(CCNc2cccc(C#N)c2N)c1. The Morgan fingerprint density at radius 2 is 2.33 bits per heavy atom. The van der Waals surface area contributed by atoms with E-state index < -0.39 is 0 Å². The number of rotatable bonds is 4. The van der Waals surface area contributed by atoms with Crippen LogP contribution in [0.3, 0.4) is 0 Å². The van der Waals surface area contributed by atoms with E-state index in [0.29, 0.717) is 17.8 Å². The van der Waals surface area contributed by atoms with Crippen molar-refractivity contribution < 1.29 is 0 Å². The summed E-state index contributed by atoms with van der Waals surface area (Å²) in [4.78, 5) is 0. The molecule has 0 radical (unpaired) electrons. The van der Waals surface area contributed by atoms with Gasteiger partial charge in [0.1, 0.15) is 6.07 Å². The van der Waals surface area contributed by atoms with Gasteiger partial charge < -0.3 is 11.1 Å². The van der Waals surface area contributed by atoms with E-state index in [4.69, 9.17) is 11.0 Å². The molecule has 1 heterocycles. The van der Waals surface area contributed by atoms with E-state index in [2.05, 4.69) is 16.5 Å². The van der Waals surface area contributed by atoms with Crippen molar-refractivity contribution in [2.24, 2.45) is 0 Å². The van der Waals surface area contributed by atoms with Crippen molar-refractivity contribution >= 4 is 11.4 Å². The molecule has 0 saturated heterocycles. The standard InChI is InChI=1S/C13H15N5/c1-10-8-17-18(9-10)6-5-16-12-4-2-3-11(7-14)13(12)15/h2-4,8-9,16H,5-6,15H2,1H3. The van der Waals surface area contributed by atoms with Gasteiger partial charge in [0.25, 0.3) is 0 Å². The Morgan fingerprint density at radius 3 is 3.00 bits per heavy atom. The van der Waals surface area contributed by atoms with Crippen LogP contribution >= 0.6 is 0 Å². The van der Waals surface area contributed by atoms with Crippen LogP contribution in [0.2, 0.25) is 0 Å². The van der Waals surface area contributed by atoms with E-state index in [1.54, 1.807) is 6.07 Å². The average Bonchev–Trinajstić information content (AvgIpc) is 2.77. The first kappa shape index (κ1) is 12.0. The van der Waals surface area contributed by atoms with Gasteiger partial charge in [-0.1, -0.05) is 6.07 Å². The summed E-state index contributed by atoms with van der Waals surface area (Å²) < 4.78 is 1.87. The van der Waals surface area contributed by atoms with Crippen molar-refractivity contribution in [3.63, 3.8) is 0 Å². The number of benzene rings is 1. The van der Waals surface area contributed by atoms with Crippen LogP contribution in [0.15, 0.2) is 30.6 Å². The Labute approximate surface area is 106 Å². The summed E-state index contributed by atoms with van der Waals surface area (Å²) in [6.45, 7) is 3.47. The molecule has 0 unspecified atom stereocenters. The van der Waals surface area contributed by atoms with Crippen molar-refractivity contribution in [1.82, 2.24) is 9.78 Å². The van der Waals surface area contributed by atoms with Crippen molar-refractivity contribution in [2.45, 2.75) is 13.5 Å². The lowest BCUT2D eigenvalue weighted by Crippen LogP contribution is -2.12. The highest BCUT2D eigenvalue weighted by Gasteiger charge is 2.03. The summed E-state index contributed by atoms with van der Waals surface area (Å²) >= 11 is 0. The van der Waals surface area contributed by atoms with Crippen LogP contribution < -0.4 is 11.1 Å². The summed E-state index contributed by atoms with van der Waals surface area (Å²) in [7, 11) is 0. The molecule has 92 valence electrons. The molecule has 18 heavy (non-hydrogen) atoms. The molecular formula is C13H15N5. The van der Waals surface area contributed by atoms with Crippen molar-refractivity contribution in [2.75, 3.05) is 17.6 Å². The van der Waals surface area contributed by atoms with Crippen LogP contribution in [0.25, 0.3) is 0 Å². The van der Waals surface area contributed by atoms with Crippen molar-refractivity contribution in [1.29, 1.82) is 5.26 Å². The molecule has 3 N–H and O–H groups in total. The summed E-state index contributed by atoms with van der Waals surface area (Å²) in [6.07, 6.45) is 3.81. The summed E-state index contributed by atoms with van der Waals surface area (Å²) in [5.74, 6) is 0. The van der Waals surface area contributed by atoms with E-state index in [-0.39, 0.29) is 0 Å². The van der Waals surface area contributed by atoms with Crippen molar-refractivity contribution in [3.05, 3.63) is 41.7 Å². The summed E-state index contributed by atoms with van der Waals surface area (Å²) in [6, 6.07) is 7.45. The number of nitriles is 1. The van der Waals surface area contributed by atoms with Gasteiger partial charge in [-0.15, -0.1) is 0 Å². The molecule has 0 amide bonds. The molecular weight excluding hydrogens is 226 g/mol.